The summed E-state index contributed by atoms with van der Waals surface area (Å²) in [5.41, 5.74) is 0. The minimum Gasteiger partial charge on any atom is -0.480 e. The zero-order valence-corrected chi connectivity index (χ0v) is 10.8. The Balaban J connectivity index is 2.62. The fourth-order valence-electron chi connectivity index (χ4n) is 1.44. The van der Waals surface area contributed by atoms with Crippen molar-refractivity contribution in [3.05, 3.63) is 23.7 Å². The topological polar surface area (TPSA) is 98.0 Å². The Bertz CT molecular complexity index is 428. The van der Waals surface area contributed by atoms with Gasteiger partial charge in [-0.1, -0.05) is 0 Å². The second-order valence-electron chi connectivity index (χ2n) is 3.84. The lowest BCUT2D eigenvalue weighted by atomic mass is 10.2. The van der Waals surface area contributed by atoms with Crippen LogP contribution in [-0.2, 0) is 20.9 Å². The van der Waals surface area contributed by atoms with Crippen LogP contribution in [0, 0.1) is 0 Å². The Morgan fingerprint density at radius 1 is 1.37 bits per heavy atom. The molecule has 0 saturated carbocycles. The Morgan fingerprint density at radius 2 is 2.11 bits per heavy atom. The SMILES string of the molecule is COCCC(NC(=O)c1ccc(COC)o1)C(=O)O. The van der Waals surface area contributed by atoms with Gasteiger partial charge in [-0.3, -0.25) is 4.79 Å². The molecule has 1 aromatic heterocycles. The minimum absolute atomic E-state index is 0.0516. The molecule has 0 spiro atoms. The van der Waals surface area contributed by atoms with E-state index in [4.69, 9.17) is 19.0 Å². The molecule has 1 atom stereocenters. The average molecular weight is 271 g/mol. The lowest BCUT2D eigenvalue weighted by Gasteiger charge is -2.12. The fraction of sp³-hybridized carbons (Fsp3) is 0.500. The molecule has 0 aliphatic heterocycles. The highest BCUT2D eigenvalue weighted by Gasteiger charge is 2.22. The molecule has 0 radical (unpaired) electrons. The van der Waals surface area contributed by atoms with Gasteiger partial charge in [0.2, 0.25) is 0 Å². The number of nitrogens with one attached hydrogen (secondary N) is 1. The molecule has 7 heteroatoms. The molecule has 1 amide bonds. The second-order valence-corrected chi connectivity index (χ2v) is 3.84. The number of aliphatic carboxylic acids is 1. The average Bonchev–Trinajstić information content (AvgIpc) is 2.83. The molecule has 106 valence electrons. The van der Waals surface area contributed by atoms with Crippen molar-refractivity contribution in [3.8, 4) is 0 Å². The van der Waals surface area contributed by atoms with E-state index in [0.29, 0.717) is 5.76 Å². The van der Waals surface area contributed by atoms with Crippen molar-refractivity contribution in [2.45, 2.75) is 19.1 Å². The van der Waals surface area contributed by atoms with Crippen molar-refractivity contribution >= 4 is 11.9 Å². The molecule has 0 fully saturated rings. The van der Waals surface area contributed by atoms with Crippen LogP contribution in [0.1, 0.15) is 22.7 Å². The number of rotatable bonds is 8. The maximum atomic E-state index is 11.8. The fourth-order valence-corrected chi connectivity index (χ4v) is 1.44. The van der Waals surface area contributed by atoms with E-state index >= 15 is 0 Å². The molecule has 2 N–H and O–H groups in total. The van der Waals surface area contributed by atoms with Crippen LogP contribution >= 0.6 is 0 Å². The summed E-state index contributed by atoms with van der Waals surface area (Å²) in [6, 6.07) is 2.06. The van der Waals surface area contributed by atoms with Crippen LogP contribution in [-0.4, -0.2) is 43.9 Å². The van der Waals surface area contributed by atoms with Gasteiger partial charge in [-0.25, -0.2) is 4.79 Å². The van der Waals surface area contributed by atoms with E-state index in [9.17, 15) is 9.59 Å². The quantitative estimate of drug-likeness (QED) is 0.720. The van der Waals surface area contributed by atoms with Crippen molar-refractivity contribution in [1.82, 2.24) is 5.32 Å². The van der Waals surface area contributed by atoms with Crippen molar-refractivity contribution < 1.29 is 28.6 Å². The van der Waals surface area contributed by atoms with E-state index in [-0.39, 0.29) is 25.4 Å². The van der Waals surface area contributed by atoms with Crippen molar-refractivity contribution in [1.29, 1.82) is 0 Å². The van der Waals surface area contributed by atoms with E-state index in [1.165, 1.54) is 20.3 Å². The zero-order valence-electron chi connectivity index (χ0n) is 10.8. The normalized spacial score (nSPS) is 12.1. The summed E-state index contributed by atoms with van der Waals surface area (Å²) in [6.07, 6.45) is 0.184. The Hall–Kier alpha value is -1.86. The maximum absolute atomic E-state index is 11.8. The summed E-state index contributed by atoms with van der Waals surface area (Å²) in [5, 5.41) is 11.3. The van der Waals surface area contributed by atoms with Crippen LogP contribution in [0.5, 0.6) is 0 Å². The number of carboxylic acids is 1. The molecule has 1 aromatic rings. The zero-order chi connectivity index (χ0) is 14.3. The third-order valence-corrected chi connectivity index (χ3v) is 2.39. The minimum atomic E-state index is -1.12. The monoisotopic (exact) mass is 271 g/mol. The first-order valence-electron chi connectivity index (χ1n) is 5.68. The standard InChI is InChI=1S/C12H17NO6/c1-17-6-5-9(12(15)16)13-11(14)10-4-3-8(19-10)7-18-2/h3-4,9H,5-7H2,1-2H3,(H,13,14)(H,15,16). The highest BCUT2D eigenvalue weighted by atomic mass is 16.5. The first-order valence-corrected chi connectivity index (χ1v) is 5.68. The smallest absolute Gasteiger partial charge is 0.326 e. The molecule has 1 heterocycles. The number of ether oxygens (including phenoxy) is 2. The molecule has 1 unspecified atom stereocenters. The summed E-state index contributed by atoms with van der Waals surface area (Å²) in [5.74, 6) is -1.15. The molecule has 0 aromatic carbocycles. The number of hydrogen-bond donors (Lipinski definition) is 2. The molecule has 0 saturated heterocycles. The van der Waals surface area contributed by atoms with Crippen LogP contribution in [0.4, 0.5) is 0 Å². The molecular weight excluding hydrogens is 254 g/mol. The second kappa shape index (κ2) is 7.55. The number of carbonyl (C=O) groups excluding carboxylic acids is 1. The highest BCUT2D eigenvalue weighted by molar-refractivity contribution is 5.94. The molecule has 7 nitrogen and oxygen atoms in total. The highest BCUT2D eigenvalue weighted by Crippen LogP contribution is 2.09. The van der Waals surface area contributed by atoms with E-state index < -0.39 is 17.9 Å². The number of furan rings is 1. The largest absolute Gasteiger partial charge is 0.480 e. The molecule has 19 heavy (non-hydrogen) atoms. The third kappa shape index (κ3) is 4.72. The van der Waals surface area contributed by atoms with E-state index in [2.05, 4.69) is 5.32 Å². The van der Waals surface area contributed by atoms with Gasteiger partial charge in [0.15, 0.2) is 5.76 Å². The first kappa shape index (κ1) is 15.2. The van der Waals surface area contributed by atoms with E-state index in [0.717, 1.165) is 0 Å². The van der Waals surface area contributed by atoms with E-state index in [1.54, 1.807) is 6.07 Å². The van der Waals surface area contributed by atoms with Crippen LogP contribution in [0.25, 0.3) is 0 Å². The van der Waals surface area contributed by atoms with Gasteiger partial charge in [0.25, 0.3) is 5.91 Å². The summed E-state index contributed by atoms with van der Waals surface area (Å²) < 4.78 is 14.9. The van der Waals surface area contributed by atoms with Gasteiger partial charge in [0.1, 0.15) is 18.4 Å². The third-order valence-electron chi connectivity index (χ3n) is 2.39. The number of carbonyl (C=O) groups is 2. The Labute approximate surface area is 110 Å². The van der Waals surface area contributed by atoms with Crippen molar-refractivity contribution in [2.24, 2.45) is 0 Å². The molecule has 0 aliphatic rings. The van der Waals surface area contributed by atoms with Crippen LogP contribution in [0.2, 0.25) is 0 Å². The predicted molar refractivity (Wildman–Crippen MR) is 64.8 cm³/mol. The van der Waals surface area contributed by atoms with Gasteiger partial charge in [-0.15, -0.1) is 0 Å². The first-order chi connectivity index (χ1) is 9.08. The summed E-state index contributed by atoms with van der Waals surface area (Å²) in [4.78, 5) is 22.7. The van der Waals surface area contributed by atoms with Crippen LogP contribution in [0.3, 0.4) is 0 Å². The molecule has 1 rings (SSSR count). The predicted octanol–water partition coefficient (Wildman–Crippen LogP) is 0.645. The van der Waals surface area contributed by atoms with Gasteiger partial charge in [0, 0.05) is 27.2 Å². The van der Waals surface area contributed by atoms with Gasteiger partial charge < -0.3 is 24.3 Å². The number of methoxy groups -OCH3 is 2. The van der Waals surface area contributed by atoms with Crippen molar-refractivity contribution in [2.75, 3.05) is 20.8 Å². The van der Waals surface area contributed by atoms with Gasteiger partial charge in [-0.2, -0.15) is 0 Å². The van der Waals surface area contributed by atoms with Gasteiger partial charge in [-0.05, 0) is 12.1 Å². The van der Waals surface area contributed by atoms with Crippen LogP contribution in [0.15, 0.2) is 16.5 Å². The summed E-state index contributed by atoms with van der Waals surface area (Å²) >= 11 is 0. The lowest BCUT2D eigenvalue weighted by molar-refractivity contribution is -0.139. The number of amides is 1. The van der Waals surface area contributed by atoms with Crippen molar-refractivity contribution in [3.63, 3.8) is 0 Å². The van der Waals surface area contributed by atoms with Crippen LogP contribution < -0.4 is 5.32 Å². The van der Waals surface area contributed by atoms with Gasteiger partial charge in [0.05, 0.1) is 0 Å². The Morgan fingerprint density at radius 3 is 2.68 bits per heavy atom. The molecular formula is C12H17NO6. The Kier molecular flexibility index (Phi) is 6.04. The molecule has 0 aliphatic carbocycles. The summed E-state index contributed by atoms with van der Waals surface area (Å²) in [7, 11) is 2.97. The van der Waals surface area contributed by atoms with E-state index in [1.807, 2.05) is 0 Å². The summed E-state index contributed by atoms with van der Waals surface area (Å²) in [6.45, 7) is 0.490. The number of hydrogen-bond acceptors (Lipinski definition) is 5. The van der Waals surface area contributed by atoms with Gasteiger partial charge >= 0.3 is 5.97 Å². The maximum Gasteiger partial charge on any atom is 0.326 e. The molecule has 0 bridgehead atoms. The number of carboxylic acid groups (broad SMARTS) is 1. The lowest BCUT2D eigenvalue weighted by Crippen LogP contribution is -2.41.